The van der Waals surface area contributed by atoms with Crippen molar-refractivity contribution in [3.63, 3.8) is 0 Å². The Morgan fingerprint density at radius 2 is 1.42 bits per heavy atom. The van der Waals surface area contributed by atoms with Crippen LogP contribution >= 0.6 is 0 Å². The molecule has 0 unspecified atom stereocenters. The van der Waals surface area contributed by atoms with Gasteiger partial charge in [0.15, 0.2) is 0 Å². The predicted molar refractivity (Wildman–Crippen MR) is 256 cm³/mol. The summed E-state index contributed by atoms with van der Waals surface area (Å²) in [5, 5.41) is 2.00. The Kier molecular flexibility index (Phi) is 10.1. The Morgan fingerprint density at radius 3 is 2.11 bits per heavy atom. The molecule has 6 aromatic carbocycles. The molecule has 0 atom stereocenters. The smallest absolute Gasteiger partial charge is 0.305 e. The van der Waals surface area contributed by atoms with Gasteiger partial charge in [-0.05, 0) is 65.2 Å². The first kappa shape index (κ1) is 33.1. The van der Waals surface area contributed by atoms with Gasteiger partial charge in [0.05, 0.1) is 5.48 Å². The van der Waals surface area contributed by atoms with Crippen molar-refractivity contribution in [2.75, 3.05) is 0 Å². The van der Waals surface area contributed by atoms with E-state index in [1.54, 1.807) is 6.20 Å². The van der Waals surface area contributed by atoms with E-state index in [4.69, 9.17) is 23.1 Å². The van der Waals surface area contributed by atoms with Crippen molar-refractivity contribution in [2.24, 2.45) is 0 Å². The Morgan fingerprint density at radius 1 is 0.694 bits per heavy atom. The zero-order valence-electron chi connectivity index (χ0n) is 45.6. The summed E-state index contributed by atoms with van der Waals surface area (Å²) in [4.78, 5) is 8.41. The van der Waals surface area contributed by atoms with Crippen molar-refractivity contribution < 1.29 is 42.6 Å². The maximum absolute atomic E-state index is 13.3. The van der Waals surface area contributed by atoms with E-state index >= 15 is 0 Å². The van der Waals surface area contributed by atoms with Crippen molar-refractivity contribution in [3.05, 3.63) is 186 Å². The molecular formula is C56H51FGeIrN2O-2. The zero-order chi connectivity index (χ0) is 51.4. The fourth-order valence-electron chi connectivity index (χ4n) is 7.60. The summed E-state index contributed by atoms with van der Waals surface area (Å²) >= 11 is -1.96. The number of aromatic nitrogens is 2. The maximum atomic E-state index is 13.3. The normalized spacial score (nSPS) is 14.0. The Balaban J connectivity index is 0.000000304. The summed E-state index contributed by atoms with van der Waals surface area (Å²) < 4.78 is 99.7. The summed E-state index contributed by atoms with van der Waals surface area (Å²) in [6.07, 6.45) is 0.968. The average Bonchev–Trinajstić information content (AvgIpc) is 3.73. The van der Waals surface area contributed by atoms with Crippen molar-refractivity contribution in [2.45, 2.75) is 63.7 Å². The number of halogens is 1. The Labute approximate surface area is 396 Å². The molecular weight excluding hydrogens is 1000 g/mol. The first-order valence-electron chi connectivity index (χ1n) is 25.3. The van der Waals surface area contributed by atoms with Crippen LogP contribution in [0, 0.1) is 24.8 Å². The minimum absolute atomic E-state index is 0. The predicted octanol–water partition coefficient (Wildman–Crippen LogP) is 15.2. The Hall–Kier alpha value is -5.46. The second-order valence-corrected chi connectivity index (χ2v) is 27.3. The molecule has 9 aromatic rings. The van der Waals surface area contributed by atoms with E-state index in [-0.39, 0.29) is 48.8 Å². The van der Waals surface area contributed by atoms with E-state index in [9.17, 15) is 4.39 Å². The van der Waals surface area contributed by atoms with Gasteiger partial charge in [0.2, 0.25) is 0 Å². The van der Waals surface area contributed by atoms with E-state index in [0.717, 1.165) is 55.3 Å². The third-order valence-corrected chi connectivity index (χ3v) is 15.1. The van der Waals surface area contributed by atoms with Crippen LogP contribution in [0.4, 0.5) is 4.39 Å². The third-order valence-electron chi connectivity index (χ3n) is 10.8. The summed E-state index contributed by atoms with van der Waals surface area (Å²) in [5.74, 6) is 6.30. The van der Waals surface area contributed by atoms with Crippen LogP contribution in [0.25, 0.3) is 77.8 Å². The van der Waals surface area contributed by atoms with E-state index in [1.165, 1.54) is 4.40 Å². The average molecular weight is 1060 g/mol. The van der Waals surface area contributed by atoms with Crippen LogP contribution in [-0.4, -0.2) is 23.2 Å². The molecule has 0 saturated carbocycles. The number of para-hydroxylation sites is 1. The van der Waals surface area contributed by atoms with Crippen LogP contribution in [0.3, 0.4) is 0 Å². The first-order chi connectivity index (χ1) is 33.5. The van der Waals surface area contributed by atoms with Crippen molar-refractivity contribution >= 4 is 39.6 Å². The second-order valence-electron chi connectivity index (χ2n) is 16.7. The van der Waals surface area contributed by atoms with Gasteiger partial charge in [-0.2, -0.15) is 0 Å². The number of hydrogen-bond acceptors (Lipinski definition) is 3. The number of furan rings is 1. The second kappa shape index (κ2) is 18.9. The number of benzene rings is 6. The number of rotatable bonds is 8. The van der Waals surface area contributed by atoms with Gasteiger partial charge >= 0.3 is 167 Å². The topological polar surface area (TPSA) is 38.9 Å². The zero-order valence-corrected chi connectivity index (χ0v) is 40.1. The fourth-order valence-corrected chi connectivity index (χ4v) is 10.0. The van der Waals surface area contributed by atoms with Gasteiger partial charge in [0.1, 0.15) is 0 Å². The molecule has 6 heteroatoms. The van der Waals surface area contributed by atoms with Crippen molar-refractivity contribution in [1.29, 1.82) is 0 Å². The van der Waals surface area contributed by atoms with Crippen molar-refractivity contribution in [3.8, 4) is 55.9 Å². The van der Waals surface area contributed by atoms with Crippen LogP contribution in [0.5, 0.6) is 0 Å². The van der Waals surface area contributed by atoms with Gasteiger partial charge in [-0.15, -0.1) is 29.8 Å². The van der Waals surface area contributed by atoms with Gasteiger partial charge in [-0.1, -0.05) is 82.2 Å². The fraction of sp³-hybridized carbons (Fsp3) is 0.179. The minimum Gasteiger partial charge on any atom is -0.305 e. The monoisotopic (exact) mass is 1060 g/mol. The van der Waals surface area contributed by atoms with Crippen LogP contribution in [0.15, 0.2) is 156 Å². The molecule has 3 aromatic heterocycles. The summed E-state index contributed by atoms with van der Waals surface area (Å²) in [6, 6.07) is 37.8. The van der Waals surface area contributed by atoms with Crippen LogP contribution in [0.2, 0.25) is 17.3 Å². The molecule has 0 N–H and O–H groups in total. The molecule has 9 rings (SSSR count). The number of aryl methyl sites for hydroxylation is 1. The molecule has 62 heavy (non-hydrogen) atoms. The standard InChI is InChI=1S/C45H44GeNO.C11H7FN.Ir/c1-28(2)39-24-33(31-14-10-9-11-15-31)25-40(29(3)4)43(39)41-26-42(47-27-30(41)5)38-19-13-18-37-36-17-12-16-35(44(36)48-45(37)38)32-20-22-34(23-21-32)46(6,7)8;12-10-6-4-9(5-7-10)11-3-1-2-8-13-11;/h9-18,20-29H,1-8H3;1-4,6-8H;/q2*-1;/i5D3;1D,2D,3D,4D,6D,7D,8D;. The summed E-state index contributed by atoms with van der Waals surface area (Å²) in [7, 11) is 0. The molecule has 0 aliphatic rings. The van der Waals surface area contributed by atoms with Gasteiger partial charge < -0.3 is 4.98 Å². The molecule has 0 spiro atoms. The molecule has 0 aliphatic heterocycles. The van der Waals surface area contributed by atoms with E-state index in [2.05, 4.69) is 141 Å². The van der Waals surface area contributed by atoms with Crippen LogP contribution < -0.4 is 4.40 Å². The summed E-state index contributed by atoms with van der Waals surface area (Å²) in [6.45, 7) is 6.34. The molecule has 3 heterocycles. The molecule has 0 bridgehead atoms. The number of pyridine rings is 2. The van der Waals surface area contributed by atoms with E-state index in [0.29, 0.717) is 22.4 Å². The molecule has 1 radical (unpaired) electrons. The van der Waals surface area contributed by atoms with Gasteiger partial charge in [-0.3, -0.25) is 4.39 Å². The van der Waals surface area contributed by atoms with Crippen molar-refractivity contribution in [1.82, 2.24) is 9.97 Å². The van der Waals surface area contributed by atoms with E-state index in [1.807, 2.05) is 24.3 Å². The van der Waals surface area contributed by atoms with Crippen LogP contribution in [-0.2, 0) is 20.1 Å². The molecule has 0 amide bonds. The first-order valence-corrected chi connectivity index (χ1v) is 27.7. The molecule has 3 nitrogen and oxygen atoms in total. The number of hydrogen-bond donors (Lipinski definition) is 0. The quantitative estimate of drug-likeness (QED) is 0.112. The number of fused-ring (bicyclic) bond motifs is 3. The SMILES string of the molecule is [2H]C([2H])([2H])c1cnc(-c2[c-]ccc3c2oc2c(-c4cc[c]([Ge]([CH3])([CH3])[CH3])cc4)cccc23)cc1-c1c(C(C)C)cc(-c2ccccc2)cc1C(C)C.[2H]c1[c-]c(-c2nc([2H])c([2H])c([2H])c2[2H])c([2H])c([2H])c1F.[Ir]. The third kappa shape index (κ3) is 9.32. The van der Waals surface area contributed by atoms with Gasteiger partial charge in [-0.25, -0.2) is 0 Å². The van der Waals surface area contributed by atoms with E-state index < -0.39 is 68.4 Å². The molecule has 0 fully saturated rings. The Bertz CT molecular complexity index is 3410. The molecule has 0 aliphatic carbocycles. The van der Waals surface area contributed by atoms with Gasteiger partial charge in [0, 0.05) is 38.9 Å². The van der Waals surface area contributed by atoms with Gasteiger partial charge in [0.25, 0.3) is 0 Å². The molecule has 0 saturated heterocycles. The summed E-state index contributed by atoms with van der Waals surface area (Å²) in [5.41, 5.74) is 10.7. The van der Waals surface area contributed by atoms with Crippen LogP contribution in [0.1, 0.15) is 69.9 Å². The minimum atomic E-state index is -2.36. The molecule has 313 valence electrons. The number of nitrogens with zero attached hydrogens (tertiary/aromatic N) is 2.